The molecule has 11 heteroatoms. The predicted molar refractivity (Wildman–Crippen MR) is 90.0 cm³/mol. The SMILES string of the molecule is CCOC(=O)C(=CNC1CC1)C(=O)c1cc(Cl)c([N+](=O)[O-])cc1[N+](=O)[O-]. The summed E-state index contributed by atoms with van der Waals surface area (Å²) in [6, 6.07) is 1.51. The highest BCUT2D eigenvalue weighted by molar-refractivity contribution is 6.34. The Hall–Kier alpha value is -3.01. The quantitative estimate of drug-likeness (QED) is 0.137. The van der Waals surface area contributed by atoms with Gasteiger partial charge in [0.1, 0.15) is 16.2 Å². The van der Waals surface area contributed by atoms with E-state index in [0.29, 0.717) is 6.07 Å². The third-order valence-corrected chi connectivity index (χ3v) is 3.79. The molecule has 1 aliphatic rings. The minimum atomic E-state index is -1.01. The molecule has 10 nitrogen and oxygen atoms in total. The second-order valence-electron chi connectivity index (χ2n) is 5.38. The highest BCUT2D eigenvalue weighted by Crippen LogP contribution is 2.33. The molecular weight excluding hydrogens is 370 g/mol. The predicted octanol–water partition coefficient (Wildman–Crippen LogP) is 2.54. The maximum atomic E-state index is 12.7. The maximum absolute atomic E-state index is 12.7. The molecule has 1 saturated carbocycles. The van der Waals surface area contributed by atoms with Gasteiger partial charge in [-0.3, -0.25) is 25.0 Å². The van der Waals surface area contributed by atoms with Crippen molar-refractivity contribution in [2.45, 2.75) is 25.8 Å². The molecule has 1 aromatic carbocycles. The lowest BCUT2D eigenvalue weighted by Crippen LogP contribution is -2.21. The minimum absolute atomic E-state index is 0.00398. The number of esters is 1. The van der Waals surface area contributed by atoms with Gasteiger partial charge < -0.3 is 10.1 Å². The number of nitrogens with zero attached hydrogens (tertiary/aromatic N) is 2. The van der Waals surface area contributed by atoms with Crippen molar-refractivity contribution in [3.05, 3.63) is 54.7 Å². The van der Waals surface area contributed by atoms with E-state index in [9.17, 15) is 29.8 Å². The largest absolute Gasteiger partial charge is 0.462 e. The van der Waals surface area contributed by atoms with E-state index < -0.39 is 49.1 Å². The number of hydrogen-bond acceptors (Lipinski definition) is 8. The number of carbonyl (C=O) groups is 2. The molecule has 0 radical (unpaired) electrons. The summed E-state index contributed by atoms with van der Waals surface area (Å²) in [7, 11) is 0. The summed E-state index contributed by atoms with van der Waals surface area (Å²) in [4.78, 5) is 45.1. The van der Waals surface area contributed by atoms with Crippen LogP contribution in [-0.4, -0.2) is 34.2 Å². The van der Waals surface area contributed by atoms with E-state index in [-0.39, 0.29) is 12.6 Å². The third kappa shape index (κ3) is 4.33. The van der Waals surface area contributed by atoms with Crippen molar-refractivity contribution in [2.24, 2.45) is 0 Å². The standard InChI is InChI=1S/C15H14ClN3O7/c1-2-26-15(21)10(7-17-8-3-4-8)14(20)9-5-11(16)13(19(24)25)6-12(9)18(22)23/h5-8,17H,2-4H2,1H3. The first-order valence-electron chi connectivity index (χ1n) is 7.56. The number of ketones is 1. The summed E-state index contributed by atoms with van der Waals surface area (Å²) in [6.07, 6.45) is 2.88. The Morgan fingerprint density at radius 1 is 1.27 bits per heavy atom. The van der Waals surface area contributed by atoms with Crippen molar-refractivity contribution in [1.29, 1.82) is 0 Å². The fourth-order valence-corrected chi connectivity index (χ4v) is 2.28. The van der Waals surface area contributed by atoms with Gasteiger partial charge in [0.05, 0.1) is 22.5 Å². The molecule has 1 aliphatic carbocycles. The maximum Gasteiger partial charge on any atom is 0.343 e. The molecule has 0 amide bonds. The molecule has 0 unspecified atom stereocenters. The first kappa shape index (κ1) is 19.3. The number of nitro benzene ring substituents is 2. The van der Waals surface area contributed by atoms with Gasteiger partial charge in [-0.25, -0.2) is 4.79 Å². The van der Waals surface area contributed by atoms with Crippen molar-refractivity contribution in [1.82, 2.24) is 5.32 Å². The number of carbonyl (C=O) groups excluding carboxylic acids is 2. The summed E-state index contributed by atoms with van der Waals surface area (Å²) < 4.78 is 4.81. The van der Waals surface area contributed by atoms with E-state index in [2.05, 4.69) is 5.32 Å². The van der Waals surface area contributed by atoms with E-state index in [1.165, 1.54) is 0 Å². The molecule has 0 aliphatic heterocycles. The van der Waals surface area contributed by atoms with E-state index in [1.807, 2.05) is 0 Å². The van der Waals surface area contributed by atoms with E-state index in [4.69, 9.17) is 16.3 Å². The van der Waals surface area contributed by atoms with Crippen LogP contribution in [0.2, 0.25) is 5.02 Å². The van der Waals surface area contributed by atoms with Gasteiger partial charge in [0.25, 0.3) is 11.4 Å². The molecular formula is C15H14ClN3O7. The molecule has 1 aromatic rings. The Bertz CT molecular complexity index is 818. The topological polar surface area (TPSA) is 142 Å². The highest BCUT2D eigenvalue weighted by atomic mass is 35.5. The molecule has 1 N–H and O–H groups in total. The average Bonchev–Trinajstić information content (AvgIpc) is 3.38. The first-order chi connectivity index (χ1) is 12.3. The number of halogens is 1. The van der Waals surface area contributed by atoms with Crippen LogP contribution in [0.15, 0.2) is 23.9 Å². The summed E-state index contributed by atoms with van der Waals surface area (Å²) >= 11 is 5.76. The molecule has 0 saturated heterocycles. The van der Waals surface area contributed by atoms with Crippen molar-refractivity contribution in [3.63, 3.8) is 0 Å². The molecule has 26 heavy (non-hydrogen) atoms. The lowest BCUT2D eigenvalue weighted by molar-refractivity contribution is -0.394. The zero-order valence-electron chi connectivity index (χ0n) is 13.6. The van der Waals surface area contributed by atoms with Crippen LogP contribution in [-0.2, 0) is 9.53 Å². The average molecular weight is 384 g/mol. The molecule has 0 bridgehead atoms. The number of benzene rings is 1. The number of Topliss-reactive ketones (excluding diaryl/α,β-unsaturated/α-hetero) is 1. The van der Waals surface area contributed by atoms with Gasteiger partial charge >= 0.3 is 5.97 Å². The molecule has 0 heterocycles. The van der Waals surface area contributed by atoms with Crippen LogP contribution in [0.25, 0.3) is 0 Å². The Morgan fingerprint density at radius 3 is 2.38 bits per heavy atom. The Labute approximate surface area is 152 Å². The lowest BCUT2D eigenvalue weighted by Gasteiger charge is -2.08. The van der Waals surface area contributed by atoms with Crippen LogP contribution in [0.4, 0.5) is 11.4 Å². The van der Waals surface area contributed by atoms with Crippen LogP contribution in [0.3, 0.4) is 0 Å². The lowest BCUT2D eigenvalue weighted by atomic mass is 10.0. The summed E-state index contributed by atoms with van der Waals surface area (Å²) in [6.45, 7) is 1.54. The molecule has 0 aromatic heterocycles. The van der Waals surface area contributed by atoms with Gasteiger partial charge in [0, 0.05) is 12.2 Å². The molecule has 0 spiro atoms. The highest BCUT2D eigenvalue weighted by Gasteiger charge is 2.32. The normalized spacial score (nSPS) is 13.8. The first-order valence-corrected chi connectivity index (χ1v) is 7.94. The summed E-state index contributed by atoms with van der Waals surface area (Å²) in [5, 5.41) is 24.5. The van der Waals surface area contributed by atoms with E-state index in [1.54, 1.807) is 6.92 Å². The fraction of sp³-hybridized carbons (Fsp3) is 0.333. The fourth-order valence-electron chi connectivity index (χ4n) is 2.05. The van der Waals surface area contributed by atoms with Gasteiger partial charge in [-0.2, -0.15) is 0 Å². The van der Waals surface area contributed by atoms with Crippen molar-refractivity contribution < 1.29 is 24.2 Å². The summed E-state index contributed by atoms with van der Waals surface area (Å²) in [5.41, 5.74) is -2.53. The zero-order valence-corrected chi connectivity index (χ0v) is 14.3. The Morgan fingerprint density at radius 2 is 1.88 bits per heavy atom. The smallest absolute Gasteiger partial charge is 0.343 e. The zero-order chi connectivity index (χ0) is 19.4. The molecule has 1 fully saturated rings. The van der Waals surface area contributed by atoms with E-state index in [0.717, 1.165) is 25.1 Å². The van der Waals surface area contributed by atoms with Crippen molar-refractivity contribution in [2.75, 3.05) is 6.61 Å². The Kier molecular flexibility index (Phi) is 5.88. The van der Waals surface area contributed by atoms with Crippen molar-refractivity contribution >= 4 is 34.7 Å². The van der Waals surface area contributed by atoms with Crippen LogP contribution < -0.4 is 5.32 Å². The number of hydrogen-bond donors (Lipinski definition) is 1. The number of ether oxygens (including phenoxy) is 1. The van der Waals surface area contributed by atoms with Gasteiger partial charge in [-0.1, -0.05) is 11.6 Å². The van der Waals surface area contributed by atoms with Gasteiger partial charge in [-0.05, 0) is 25.8 Å². The second kappa shape index (κ2) is 7.91. The molecule has 138 valence electrons. The molecule has 2 rings (SSSR count). The van der Waals surface area contributed by atoms with Gasteiger partial charge in [0.2, 0.25) is 5.78 Å². The van der Waals surface area contributed by atoms with Crippen LogP contribution in [0.1, 0.15) is 30.1 Å². The van der Waals surface area contributed by atoms with Crippen LogP contribution in [0, 0.1) is 20.2 Å². The Balaban J connectivity index is 2.51. The second-order valence-corrected chi connectivity index (χ2v) is 5.79. The van der Waals surface area contributed by atoms with E-state index >= 15 is 0 Å². The number of nitro groups is 2. The van der Waals surface area contributed by atoms with Crippen LogP contribution >= 0.6 is 11.6 Å². The van der Waals surface area contributed by atoms with Crippen molar-refractivity contribution in [3.8, 4) is 0 Å². The van der Waals surface area contributed by atoms with Gasteiger partial charge in [0.15, 0.2) is 0 Å². The minimum Gasteiger partial charge on any atom is -0.462 e. The third-order valence-electron chi connectivity index (χ3n) is 3.48. The summed E-state index contributed by atoms with van der Waals surface area (Å²) in [5.74, 6) is -1.98. The molecule has 0 atom stereocenters. The van der Waals surface area contributed by atoms with Gasteiger partial charge in [-0.15, -0.1) is 0 Å². The monoisotopic (exact) mass is 383 g/mol. The number of nitrogens with one attached hydrogen (secondary N) is 1. The number of rotatable bonds is 8. The van der Waals surface area contributed by atoms with Crippen LogP contribution in [0.5, 0.6) is 0 Å².